The van der Waals surface area contributed by atoms with Crippen molar-refractivity contribution in [1.29, 1.82) is 0 Å². The first-order valence-electron chi connectivity index (χ1n) is 6.36. The summed E-state index contributed by atoms with van der Waals surface area (Å²) in [6.45, 7) is 3.36. The number of aliphatic hydroxyl groups excluding tert-OH is 1. The van der Waals surface area contributed by atoms with Gasteiger partial charge in [0.2, 0.25) is 5.91 Å². The molecule has 3 N–H and O–H groups in total. The highest BCUT2D eigenvalue weighted by molar-refractivity contribution is 5.84. The SMILES string of the molecule is CC1COC(CO)CN1C(=O)C1(CN)CCC1. The van der Waals surface area contributed by atoms with Crippen LogP contribution in [0.25, 0.3) is 0 Å². The van der Waals surface area contributed by atoms with Gasteiger partial charge in [-0.2, -0.15) is 0 Å². The molecule has 1 aliphatic carbocycles. The van der Waals surface area contributed by atoms with Crippen molar-refractivity contribution >= 4 is 5.91 Å². The maximum absolute atomic E-state index is 12.5. The highest BCUT2D eigenvalue weighted by Gasteiger charge is 2.47. The van der Waals surface area contributed by atoms with E-state index >= 15 is 0 Å². The quantitative estimate of drug-likeness (QED) is 0.714. The number of morpholine rings is 1. The number of carbonyl (C=O) groups excluding carboxylic acids is 1. The Labute approximate surface area is 102 Å². The number of hydrogen-bond donors (Lipinski definition) is 2. The first kappa shape index (κ1) is 12.8. The summed E-state index contributed by atoms with van der Waals surface area (Å²) in [6.07, 6.45) is 2.64. The number of ether oxygens (including phenoxy) is 1. The Hall–Kier alpha value is -0.650. The molecule has 0 aromatic rings. The molecule has 5 heteroatoms. The number of carbonyl (C=O) groups is 1. The second kappa shape index (κ2) is 4.92. The molecular formula is C12H22N2O3. The molecule has 17 heavy (non-hydrogen) atoms. The first-order valence-corrected chi connectivity index (χ1v) is 6.36. The zero-order chi connectivity index (χ0) is 12.5. The van der Waals surface area contributed by atoms with E-state index < -0.39 is 0 Å². The molecule has 0 radical (unpaired) electrons. The van der Waals surface area contributed by atoms with Crippen molar-refractivity contribution in [2.24, 2.45) is 11.1 Å². The summed E-state index contributed by atoms with van der Waals surface area (Å²) >= 11 is 0. The summed E-state index contributed by atoms with van der Waals surface area (Å²) in [5.41, 5.74) is 5.43. The Morgan fingerprint density at radius 3 is 2.76 bits per heavy atom. The predicted octanol–water partition coefficient (Wildman–Crippen LogP) is -0.276. The van der Waals surface area contributed by atoms with Crippen LogP contribution in [0.3, 0.4) is 0 Å². The smallest absolute Gasteiger partial charge is 0.230 e. The van der Waals surface area contributed by atoms with E-state index in [1.807, 2.05) is 11.8 Å². The Morgan fingerprint density at radius 2 is 2.29 bits per heavy atom. The standard InChI is InChI=1S/C12H22N2O3/c1-9-7-17-10(6-15)5-14(9)11(16)12(8-13)3-2-4-12/h9-10,15H,2-8,13H2,1H3. The van der Waals surface area contributed by atoms with Gasteiger partial charge in [-0.25, -0.2) is 0 Å². The van der Waals surface area contributed by atoms with Gasteiger partial charge in [0, 0.05) is 13.1 Å². The summed E-state index contributed by atoms with van der Waals surface area (Å²) in [5, 5.41) is 9.12. The lowest BCUT2D eigenvalue weighted by Gasteiger charge is -2.47. The van der Waals surface area contributed by atoms with Gasteiger partial charge in [-0.15, -0.1) is 0 Å². The van der Waals surface area contributed by atoms with Gasteiger partial charge in [0.1, 0.15) is 0 Å². The second-order valence-electron chi connectivity index (χ2n) is 5.28. The van der Waals surface area contributed by atoms with Crippen LogP contribution in [0, 0.1) is 5.41 Å². The van der Waals surface area contributed by atoms with Crippen molar-refractivity contribution in [3.8, 4) is 0 Å². The highest BCUT2D eigenvalue weighted by atomic mass is 16.5. The molecule has 0 aromatic heterocycles. The molecule has 1 saturated carbocycles. The summed E-state index contributed by atoms with van der Waals surface area (Å²) in [4.78, 5) is 14.4. The lowest BCUT2D eigenvalue weighted by atomic mass is 9.67. The van der Waals surface area contributed by atoms with Crippen LogP contribution in [0.1, 0.15) is 26.2 Å². The molecule has 2 fully saturated rings. The summed E-state index contributed by atoms with van der Waals surface area (Å²) < 4.78 is 5.44. The molecule has 0 aromatic carbocycles. The van der Waals surface area contributed by atoms with Crippen LogP contribution in [0.5, 0.6) is 0 Å². The summed E-state index contributed by atoms with van der Waals surface area (Å²) in [7, 11) is 0. The second-order valence-corrected chi connectivity index (χ2v) is 5.28. The number of nitrogens with two attached hydrogens (primary N) is 1. The summed E-state index contributed by atoms with van der Waals surface area (Å²) in [5.74, 6) is 0.153. The molecule has 1 aliphatic heterocycles. The van der Waals surface area contributed by atoms with Crippen LogP contribution in [0.15, 0.2) is 0 Å². The number of aliphatic hydroxyl groups is 1. The van der Waals surface area contributed by atoms with Crippen LogP contribution in [0.4, 0.5) is 0 Å². The number of nitrogens with zero attached hydrogens (tertiary/aromatic N) is 1. The fraction of sp³-hybridized carbons (Fsp3) is 0.917. The van der Waals surface area contributed by atoms with Crippen molar-refractivity contribution in [3.05, 3.63) is 0 Å². The molecule has 5 nitrogen and oxygen atoms in total. The van der Waals surface area contributed by atoms with Crippen molar-refractivity contribution in [2.45, 2.75) is 38.3 Å². The molecule has 2 rings (SSSR count). The van der Waals surface area contributed by atoms with Gasteiger partial charge < -0.3 is 20.5 Å². The minimum Gasteiger partial charge on any atom is -0.394 e. The van der Waals surface area contributed by atoms with Gasteiger partial charge >= 0.3 is 0 Å². The summed E-state index contributed by atoms with van der Waals surface area (Å²) in [6, 6.07) is 0.0781. The zero-order valence-electron chi connectivity index (χ0n) is 10.4. The van der Waals surface area contributed by atoms with Gasteiger partial charge in [-0.1, -0.05) is 6.42 Å². The molecule has 98 valence electrons. The molecular weight excluding hydrogens is 220 g/mol. The molecule has 2 aliphatic rings. The van der Waals surface area contributed by atoms with Gasteiger partial charge in [0.25, 0.3) is 0 Å². The average molecular weight is 242 g/mol. The molecule has 0 spiro atoms. The maximum atomic E-state index is 12.5. The van der Waals surface area contributed by atoms with E-state index in [1.165, 1.54) is 0 Å². The fourth-order valence-electron chi connectivity index (χ4n) is 2.62. The molecule has 0 bridgehead atoms. The van der Waals surface area contributed by atoms with E-state index in [9.17, 15) is 4.79 Å². The molecule has 2 atom stereocenters. The van der Waals surface area contributed by atoms with Crippen molar-refractivity contribution in [1.82, 2.24) is 4.90 Å². The van der Waals surface area contributed by atoms with Crippen molar-refractivity contribution in [2.75, 3.05) is 26.3 Å². The van der Waals surface area contributed by atoms with Gasteiger partial charge in [0.05, 0.1) is 30.8 Å². The predicted molar refractivity (Wildman–Crippen MR) is 63.3 cm³/mol. The van der Waals surface area contributed by atoms with Crippen LogP contribution in [-0.4, -0.2) is 54.4 Å². The number of hydrogen-bond acceptors (Lipinski definition) is 4. The molecule has 1 heterocycles. The molecule has 2 unspecified atom stereocenters. The van der Waals surface area contributed by atoms with E-state index in [-0.39, 0.29) is 30.1 Å². The topological polar surface area (TPSA) is 75.8 Å². The van der Waals surface area contributed by atoms with E-state index in [2.05, 4.69) is 0 Å². The Morgan fingerprint density at radius 1 is 1.59 bits per heavy atom. The maximum Gasteiger partial charge on any atom is 0.230 e. The normalized spacial score (nSPS) is 32.1. The van der Waals surface area contributed by atoms with Crippen LogP contribution < -0.4 is 5.73 Å². The Kier molecular flexibility index (Phi) is 3.70. The minimum absolute atomic E-state index is 0.0356. The minimum atomic E-state index is -0.328. The number of rotatable bonds is 3. The lowest BCUT2D eigenvalue weighted by Crippen LogP contribution is -2.59. The first-order chi connectivity index (χ1) is 8.13. The third-order valence-corrected chi connectivity index (χ3v) is 4.13. The Bertz CT molecular complexity index is 286. The zero-order valence-corrected chi connectivity index (χ0v) is 10.4. The fourth-order valence-corrected chi connectivity index (χ4v) is 2.62. The molecule has 1 amide bonds. The van der Waals surface area contributed by atoms with Crippen molar-refractivity contribution in [3.63, 3.8) is 0 Å². The van der Waals surface area contributed by atoms with Crippen LogP contribution in [-0.2, 0) is 9.53 Å². The van der Waals surface area contributed by atoms with Crippen LogP contribution >= 0.6 is 0 Å². The largest absolute Gasteiger partial charge is 0.394 e. The van der Waals surface area contributed by atoms with E-state index in [0.717, 1.165) is 19.3 Å². The van der Waals surface area contributed by atoms with Crippen molar-refractivity contribution < 1.29 is 14.6 Å². The monoisotopic (exact) mass is 242 g/mol. The third-order valence-electron chi connectivity index (χ3n) is 4.13. The van der Waals surface area contributed by atoms with E-state index in [4.69, 9.17) is 15.6 Å². The van der Waals surface area contributed by atoms with Gasteiger partial charge in [0.15, 0.2) is 0 Å². The van der Waals surface area contributed by atoms with Crippen LogP contribution in [0.2, 0.25) is 0 Å². The van der Waals surface area contributed by atoms with Gasteiger partial charge in [-0.3, -0.25) is 4.79 Å². The van der Waals surface area contributed by atoms with E-state index in [1.54, 1.807) is 0 Å². The Balaban J connectivity index is 2.06. The highest BCUT2D eigenvalue weighted by Crippen LogP contribution is 2.42. The van der Waals surface area contributed by atoms with E-state index in [0.29, 0.717) is 19.7 Å². The third kappa shape index (κ3) is 2.19. The number of amides is 1. The van der Waals surface area contributed by atoms with Gasteiger partial charge in [-0.05, 0) is 19.8 Å². The lowest BCUT2D eigenvalue weighted by molar-refractivity contribution is -0.161. The average Bonchev–Trinajstić information content (AvgIpc) is 2.29. The molecule has 1 saturated heterocycles.